The molecule has 0 unspecified atom stereocenters. The molecule has 1 aliphatic carbocycles. The van der Waals surface area contributed by atoms with Gasteiger partial charge in [-0.3, -0.25) is 4.79 Å². The highest BCUT2D eigenvalue weighted by Crippen LogP contribution is 2.47. The van der Waals surface area contributed by atoms with Crippen LogP contribution in [0.4, 0.5) is 0 Å². The lowest BCUT2D eigenvalue weighted by Gasteiger charge is -2.12. The Morgan fingerprint density at radius 2 is 2.29 bits per heavy atom. The van der Waals surface area contributed by atoms with Crippen molar-refractivity contribution in [3.8, 4) is 0 Å². The molecule has 1 rings (SSSR count). The molecule has 0 aromatic heterocycles. The van der Waals surface area contributed by atoms with Crippen LogP contribution < -0.4 is 11.1 Å². The van der Waals surface area contributed by atoms with Gasteiger partial charge in [0.2, 0.25) is 5.91 Å². The Labute approximate surface area is 83.3 Å². The normalized spacial score (nSPS) is 19.1. The van der Waals surface area contributed by atoms with E-state index in [1.165, 1.54) is 12.8 Å². The van der Waals surface area contributed by atoms with Crippen LogP contribution in [0.3, 0.4) is 0 Å². The molecule has 0 aliphatic heterocycles. The van der Waals surface area contributed by atoms with Gasteiger partial charge in [0.25, 0.3) is 0 Å². The van der Waals surface area contributed by atoms with E-state index < -0.39 is 0 Å². The molecule has 0 bridgehead atoms. The third-order valence-electron chi connectivity index (χ3n) is 2.84. The SMILES string of the molecule is CCC1(CNC(=O)CC(N)=NO)CC1. The number of amides is 1. The highest BCUT2D eigenvalue weighted by Gasteiger charge is 2.40. The number of hydrogen-bond acceptors (Lipinski definition) is 3. The summed E-state index contributed by atoms with van der Waals surface area (Å²) < 4.78 is 0. The minimum absolute atomic E-state index is 0.0315. The molecule has 1 aliphatic rings. The minimum atomic E-state index is -0.181. The number of oxime groups is 1. The lowest BCUT2D eigenvalue weighted by molar-refractivity contribution is -0.120. The van der Waals surface area contributed by atoms with Crippen molar-refractivity contribution in [1.29, 1.82) is 0 Å². The van der Waals surface area contributed by atoms with E-state index in [-0.39, 0.29) is 18.2 Å². The van der Waals surface area contributed by atoms with E-state index in [2.05, 4.69) is 17.4 Å². The number of nitrogens with two attached hydrogens (primary N) is 1. The highest BCUT2D eigenvalue weighted by molar-refractivity contribution is 5.98. The summed E-state index contributed by atoms with van der Waals surface area (Å²) in [6.07, 6.45) is 3.44. The number of carbonyl (C=O) groups is 1. The summed E-state index contributed by atoms with van der Waals surface area (Å²) in [6.45, 7) is 2.84. The molecule has 0 radical (unpaired) electrons. The first-order chi connectivity index (χ1) is 6.62. The van der Waals surface area contributed by atoms with Crippen molar-refractivity contribution in [2.75, 3.05) is 6.54 Å². The van der Waals surface area contributed by atoms with Crippen LogP contribution in [0.15, 0.2) is 5.16 Å². The van der Waals surface area contributed by atoms with Crippen LogP contribution >= 0.6 is 0 Å². The Morgan fingerprint density at radius 1 is 1.64 bits per heavy atom. The van der Waals surface area contributed by atoms with Crippen molar-refractivity contribution in [1.82, 2.24) is 5.32 Å². The van der Waals surface area contributed by atoms with E-state index in [1.54, 1.807) is 0 Å². The van der Waals surface area contributed by atoms with E-state index >= 15 is 0 Å². The van der Waals surface area contributed by atoms with Crippen molar-refractivity contribution < 1.29 is 10.0 Å². The summed E-state index contributed by atoms with van der Waals surface area (Å²) in [5.41, 5.74) is 5.53. The van der Waals surface area contributed by atoms with E-state index in [0.29, 0.717) is 12.0 Å². The van der Waals surface area contributed by atoms with Crippen molar-refractivity contribution in [3.63, 3.8) is 0 Å². The summed E-state index contributed by atoms with van der Waals surface area (Å²) in [6, 6.07) is 0. The van der Waals surface area contributed by atoms with Crippen LogP contribution in [-0.4, -0.2) is 23.5 Å². The van der Waals surface area contributed by atoms with Crippen molar-refractivity contribution in [2.45, 2.75) is 32.6 Å². The first kappa shape index (κ1) is 10.8. The number of nitrogens with zero attached hydrogens (tertiary/aromatic N) is 1. The van der Waals surface area contributed by atoms with Gasteiger partial charge in [-0.25, -0.2) is 0 Å². The van der Waals surface area contributed by atoms with E-state index in [9.17, 15) is 4.79 Å². The summed E-state index contributed by atoms with van der Waals surface area (Å²) in [4.78, 5) is 11.2. The molecule has 80 valence electrons. The van der Waals surface area contributed by atoms with Gasteiger partial charge in [-0.2, -0.15) is 0 Å². The van der Waals surface area contributed by atoms with Gasteiger partial charge in [0, 0.05) is 6.54 Å². The first-order valence-electron chi connectivity index (χ1n) is 4.85. The molecular weight excluding hydrogens is 182 g/mol. The second-order valence-corrected chi connectivity index (χ2v) is 3.90. The number of nitrogens with one attached hydrogen (secondary N) is 1. The molecule has 1 saturated carbocycles. The fourth-order valence-corrected chi connectivity index (χ4v) is 1.38. The van der Waals surface area contributed by atoms with E-state index in [0.717, 1.165) is 6.42 Å². The first-order valence-corrected chi connectivity index (χ1v) is 4.85. The largest absolute Gasteiger partial charge is 0.409 e. The van der Waals surface area contributed by atoms with Gasteiger partial charge >= 0.3 is 0 Å². The van der Waals surface area contributed by atoms with Crippen LogP contribution in [0, 0.1) is 5.41 Å². The molecule has 0 aromatic carbocycles. The van der Waals surface area contributed by atoms with Crippen LogP contribution in [0.25, 0.3) is 0 Å². The molecule has 5 heteroatoms. The third-order valence-corrected chi connectivity index (χ3v) is 2.84. The molecule has 0 aromatic rings. The average Bonchev–Trinajstić information content (AvgIpc) is 2.95. The second-order valence-electron chi connectivity index (χ2n) is 3.90. The second kappa shape index (κ2) is 4.30. The summed E-state index contributed by atoms with van der Waals surface area (Å²) in [5, 5.41) is 13.8. The van der Waals surface area contributed by atoms with E-state index in [1.807, 2.05) is 0 Å². The van der Waals surface area contributed by atoms with Crippen molar-refractivity contribution in [2.24, 2.45) is 16.3 Å². The molecule has 1 fully saturated rings. The van der Waals surface area contributed by atoms with Crippen LogP contribution in [0.2, 0.25) is 0 Å². The van der Waals surface area contributed by atoms with Gasteiger partial charge in [0.1, 0.15) is 5.84 Å². The molecule has 1 amide bonds. The average molecular weight is 199 g/mol. The summed E-state index contributed by atoms with van der Waals surface area (Å²) in [5.74, 6) is -0.233. The lowest BCUT2D eigenvalue weighted by atomic mass is 10.0. The highest BCUT2D eigenvalue weighted by atomic mass is 16.4. The zero-order valence-corrected chi connectivity index (χ0v) is 8.42. The van der Waals surface area contributed by atoms with E-state index in [4.69, 9.17) is 10.9 Å². The van der Waals surface area contributed by atoms with Gasteiger partial charge in [-0.05, 0) is 24.7 Å². The zero-order chi connectivity index (χ0) is 10.6. The molecule has 4 N–H and O–H groups in total. The fraction of sp³-hybridized carbons (Fsp3) is 0.778. The standard InChI is InChI=1S/C9H17N3O2/c1-2-9(3-4-9)6-11-8(13)5-7(10)12-14/h14H,2-6H2,1H3,(H2,10,12)(H,11,13). The predicted molar refractivity (Wildman–Crippen MR) is 53.0 cm³/mol. The molecule has 0 atom stereocenters. The summed E-state index contributed by atoms with van der Waals surface area (Å²) in [7, 11) is 0. The van der Waals surface area contributed by atoms with Crippen LogP contribution in [0.5, 0.6) is 0 Å². The minimum Gasteiger partial charge on any atom is -0.409 e. The predicted octanol–water partition coefficient (Wildman–Crippen LogP) is 0.429. The Hall–Kier alpha value is -1.26. The zero-order valence-electron chi connectivity index (χ0n) is 8.42. The molecule has 14 heavy (non-hydrogen) atoms. The Morgan fingerprint density at radius 3 is 2.71 bits per heavy atom. The quantitative estimate of drug-likeness (QED) is 0.260. The fourth-order valence-electron chi connectivity index (χ4n) is 1.38. The van der Waals surface area contributed by atoms with Crippen LogP contribution in [0.1, 0.15) is 32.6 Å². The number of amidine groups is 1. The molecule has 0 saturated heterocycles. The van der Waals surface area contributed by atoms with Gasteiger partial charge < -0.3 is 16.3 Å². The maximum atomic E-state index is 11.2. The molecular formula is C9H17N3O2. The maximum Gasteiger partial charge on any atom is 0.227 e. The Bertz CT molecular complexity index is 246. The van der Waals surface area contributed by atoms with Crippen molar-refractivity contribution in [3.05, 3.63) is 0 Å². The Kier molecular flexibility index (Phi) is 3.33. The van der Waals surface area contributed by atoms with Crippen molar-refractivity contribution >= 4 is 11.7 Å². The van der Waals surface area contributed by atoms with Crippen LogP contribution in [-0.2, 0) is 4.79 Å². The topological polar surface area (TPSA) is 87.7 Å². The number of rotatable bonds is 5. The van der Waals surface area contributed by atoms with Gasteiger partial charge in [-0.1, -0.05) is 12.1 Å². The lowest BCUT2D eigenvalue weighted by Crippen LogP contribution is -2.33. The number of hydrogen-bond donors (Lipinski definition) is 3. The third kappa shape index (κ3) is 2.90. The maximum absolute atomic E-state index is 11.2. The van der Waals surface area contributed by atoms with Gasteiger partial charge in [0.05, 0.1) is 6.42 Å². The molecule has 0 spiro atoms. The molecule has 5 nitrogen and oxygen atoms in total. The molecule has 0 heterocycles. The van der Waals surface area contributed by atoms with Gasteiger partial charge in [-0.15, -0.1) is 0 Å². The van der Waals surface area contributed by atoms with Gasteiger partial charge in [0.15, 0.2) is 0 Å². The number of carbonyl (C=O) groups excluding carboxylic acids is 1. The smallest absolute Gasteiger partial charge is 0.227 e. The monoisotopic (exact) mass is 199 g/mol. The Balaban J connectivity index is 2.22. The summed E-state index contributed by atoms with van der Waals surface area (Å²) >= 11 is 0.